The van der Waals surface area contributed by atoms with Gasteiger partial charge in [-0.05, 0) is 66.8 Å². The average Bonchev–Trinajstić information content (AvgIpc) is 2.65. The molecule has 0 bridgehead atoms. The summed E-state index contributed by atoms with van der Waals surface area (Å²) >= 11 is 6.59. The Morgan fingerprint density at radius 2 is 2.00 bits per heavy atom. The van der Waals surface area contributed by atoms with Crippen LogP contribution in [0, 0.1) is 0 Å². The number of benzene rings is 2. The molecule has 0 saturated heterocycles. The smallest absolute Gasteiger partial charge is 0.115 e. The third-order valence-corrected chi connectivity index (χ3v) is 5.64. The second-order valence-corrected chi connectivity index (χ2v) is 6.92. The summed E-state index contributed by atoms with van der Waals surface area (Å²) < 4.78 is 0. The fourth-order valence-electron chi connectivity index (χ4n) is 4.21. The molecular weight excluding hydrogens is 294 g/mol. The molecule has 0 spiro atoms. The van der Waals surface area contributed by atoms with Crippen molar-refractivity contribution < 1.29 is 5.11 Å². The molecule has 1 aliphatic carbocycles. The van der Waals surface area contributed by atoms with E-state index in [1.165, 1.54) is 22.3 Å². The van der Waals surface area contributed by atoms with Crippen molar-refractivity contribution in [1.82, 2.24) is 4.90 Å². The Labute approximate surface area is 136 Å². The minimum Gasteiger partial charge on any atom is -0.508 e. The molecule has 22 heavy (non-hydrogen) atoms. The topological polar surface area (TPSA) is 23.5 Å². The summed E-state index contributed by atoms with van der Waals surface area (Å²) in [5.41, 5.74) is 5.22. The van der Waals surface area contributed by atoms with Crippen molar-refractivity contribution in [3.63, 3.8) is 0 Å². The second kappa shape index (κ2) is 5.29. The molecule has 4 rings (SSSR count). The molecule has 2 atom stereocenters. The first-order valence-electron chi connectivity index (χ1n) is 7.94. The van der Waals surface area contributed by atoms with E-state index in [1.54, 1.807) is 6.07 Å². The first kappa shape index (κ1) is 14.1. The van der Waals surface area contributed by atoms with Crippen LogP contribution in [0.4, 0.5) is 0 Å². The maximum absolute atomic E-state index is 10.0. The number of rotatable bonds is 0. The second-order valence-electron chi connectivity index (χ2n) is 6.51. The molecule has 1 N–H and O–H groups in total. The predicted octanol–water partition coefficient (Wildman–Crippen LogP) is 3.98. The molecular formula is C19H20ClNO. The maximum atomic E-state index is 10.0. The molecule has 2 aromatic carbocycles. The van der Waals surface area contributed by atoms with Gasteiger partial charge in [-0.1, -0.05) is 29.8 Å². The highest BCUT2D eigenvalue weighted by molar-refractivity contribution is 6.31. The Balaban J connectivity index is 1.97. The van der Waals surface area contributed by atoms with E-state index in [-0.39, 0.29) is 5.92 Å². The van der Waals surface area contributed by atoms with E-state index in [9.17, 15) is 5.11 Å². The molecule has 2 aromatic rings. The van der Waals surface area contributed by atoms with Crippen LogP contribution in [0.2, 0.25) is 5.02 Å². The number of aryl methyl sites for hydroxylation is 1. The van der Waals surface area contributed by atoms with Crippen molar-refractivity contribution in [2.75, 3.05) is 13.6 Å². The van der Waals surface area contributed by atoms with E-state index < -0.39 is 0 Å². The van der Waals surface area contributed by atoms with Gasteiger partial charge in [0, 0.05) is 23.5 Å². The van der Waals surface area contributed by atoms with E-state index in [0.717, 1.165) is 30.8 Å². The number of fused-ring (bicyclic) bond motifs is 5. The summed E-state index contributed by atoms with van der Waals surface area (Å²) in [6.07, 6.45) is 3.25. The molecule has 0 amide bonds. The van der Waals surface area contributed by atoms with Gasteiger partial charge < -0.3 is 10.0 Å². The minimum atomic E-state index is 0.257. The molecule has 2 aliphatic rings. The normalized spacial score (nSPS) is 24.1. The van der Waals surface area contributed by atoms with Crippen molar-refractivity contribution in [1.29, 1.82) is 0 Å². The number of phenolic OH excluding ortho intramolecular Hbond substituents is 1. The standard InChI is InChI=1S/C19H20ClNO/c1-21-10-9-12-5-7-14(22)11-15(12)19-17(21)8-6-13-3-2-4-16(20)18(13)19/h2-5,7,11,17,19,22H,6,8-10H2,1H3. The molecule has 0 fully saturated rings. The van der Waals surface area contributed by atoms with Crippen LogP contribution in [0.15, 0.2) is 36.4 Å². The van der Waals surface area contributed by atoms with Gasteiger partial charge in [0.1, 0.15) is 5.75 Å². The first-order chi connectivity index (χ1) is 10.6. The maximum Gasteiger partial charge on any atom is 0.115 e. The number of phenols is 1. The van der Waals surface area contributed by atoms with Crippen LogP contribution >= 0.6 is 11.6 Å². The van der Waals surface area contributed by atoms with E-state index in [0.29, 0.717) is 11.8 Å². The molecule has 3 heteroatoms. The SMILES string of the molecule is CN1CCc2ccc(O)cc2C2c3c(Cl)cccc3CCC21. The number of hydrogen-bond acceptors (Lipinski definition) is 2. The number of nitrogens with zero attached hydrogens (tertiary/aromatic N) is 1. The largest absolute Gasteiger partial charge is 0.508 e. The van der Waals surface area contributed by atoms with Gasteiger partial charge in [0.25, 0.3) is 0 Å². The monoisotopic (exact) mass is 313 g/mol. The van der Waals surface area contributed by atoms with Crippen LogP contribution in [-0.2, 0) is 12.8 Å². The summed E-state index contributed by atoms with van der Waals surface area (Å²) in [6.45, 7) is 1.05. The Kier molecular flexibility index (Phi) is 3.39. The fourth-order valence-corrected chi connectivity index (χ4v) is 4.52. The van der Waals surface area contributed by atoms with Crippen LogP contribution in [0.25, 0.3) is 0 Å². The molecule has 1 aliphatic heterocycles. The van der Waals surface area contributed by atoms with Crippen molar-refractivity contribution in [2.24, 2.45) is 0 Å². The Bertz CT molecular complexity index is 727. The molecule has 2 nitrogen and oxygen atoms in total. The van der Waals surface area contributed by atoms with Gasteiger partial charge in [0.15, 0.2) is 0 Å². The zero-order valence-corrected chi connectivity index (χ0v) is 13.5. The predicted molar refractivity (Wildman–Crippen MR) is 89.8 cm³/mol. The molecule has 1 heterocycles. The molecule has 0 saturated carbocycles. The zero-order valence-electron chi connectivity index (χ0n) is 12.7. The van der Waals surface area contributed by atoms with Gasteiger partial charge in [-0.25, -0.2) is 0 Å². The molecule has 2 unspecified atom stereocenters. The lowest BCUT2D eigenvalue weighted by Crippen LogP contribution is -2.39. The van der Waals surface area contributed by atoms with E-state index in [1.807, 2.05) is 18.2 Å². The third-order valence-electron chi connectivity index (χ3n) is 5.31. The Hall–Kier alpha value is -1.51. The van der Waals surface area contributed by atoms with Gasteiger partial charge in [-0.2, -0.15) is 0 Å². The summed E-state index contributed by atoms with van der Waals surface area (Å²) in [4.78, 5) is 2.47. The van der Waals surface area contributed by atoms with Gasteiger partial charge in [-0.3, -0.25) is 0 Å². The zero-order chi connectivity index (χ0) is 15.3. The summed E-state index contributed by atoms with van der Waals surface area (Å²) in [5, 5.41) is 10.9. The lowest BCUT2D eigenvalue weighted by molar-refractivity contribution is 0.214. The number of halogens is 1. The van der Waals surface area contributed by atoms with Gasteiger partial charge in [0.05, 0.1) is 0 Å². The molecule has 0 radical (unpaired) electrons. The van der Waals surface area contributed by atoms with Crippen LogP contribution < -0.4 is 0 Å². The molecule has 114 valence electrons. The highest BCUT2D eigenvalue weighted by Crippen LogP contribution is 2.45. The molecule has 0 aromatic heterocycles. The van der Waals surface area contributed by atoms with Crippen molar-refractivity contribution in [2.45, 2.75) is 31.2 Å². The van der Waals surface area contributed by atoms with Crippen molar-refractivity contribution in [3.05, 3.63) is 63.7 Å². The quantitative estimate of drug-likeness (QED) is 0.795. The van der Waals surface area contributed by atoms with E-state index in [4.69, 9.17) is 11.6 Å². The number of aromatic hydroxyl groups is 1. The van der Waals surface area contributed by atoms with E-state index >= 15 is 0 Å². The first-order valence-corrected chi connectivity index (χ1v) is 8.32. The lowest BCUT2D eigenvalue weighted by Gasteiger charge is -2.38. The van der Waals surface area contributed by atoms with Crippen LogP contribution in [0.3, 0.4) is 0 Å². The van der Waals surface area contributed by atoms with Crippen LogP contribution in [0.5, 0.6) is 5.75 Å². The summed E-state index contributed by atoms with van der Waals surface area (Å²) in [6, 6.07) is 12.5. The van der Waals surface area contributed by atoms with Crippen molar-refractivity contribution >= 4 is 11.6 Å². The minimum absolute atomic E-state index is 0.257. The van der Waals surface area contributed by atoms with Crippen LogP contribution in [0.1, 0.15) is 34.6 Å². The highest BCUT2D eigenvalue weighted by atomic mass is 35.5. The highest BCUT2D eigenvalue weighted by Gasteiger charge is 2.37. The Morgan fingerprint density at radius 1 is 1.14 bits per heavy atom. The van der Waals surface area contributed by atoms with Gasteiger partial charge in [-0.15, -0.1) is 0 Å². The lowest BCUT2D eigenvalue weighted by atomic mass is 9.74. The van der Waals surface area contributed by atoms with Crippen molar-refractivity contribution in [3.8, 4) is 5.75 Å². The Morgan fingerprint density at radius 3 is 2.86 bits per heavy atom. The van der Waals surface area contributed by atoms with E-state index in [2.05, 4.69) is 24.1 Å². The van der Waals surface area contributed by atoms with Crippen LogP contribution in [-0.4, -0.2) is 29.6 Å². The van der Waals surface area contributed by atoms with Gasteiger partial charge in [0.2, 0.25) is 0 Å². The summed E-state index contributed by atoms with van der Waals surface area (Å²) in [7, 11) is 2.21. The number of likely N-dealkylation sites (N-methyl/N-ethyl adjacent to an activating group) is 1. The van der Waals surface area contributed by atoms with Gasteiger partial charge >= 0.3 is 0 Å². The average molecular weight is 314 g/mol. The summed E-state index contributed by atoms with van der Waals surface area (Å²) in [5.74, 6) is 0.605. The third kappa shape index (κ3) is 2.13. The fraction of sp³-hybridized carbons (Fsp3) is 0.368. The number of hydrogen-bond donors (Lipinski definition) is 1.